The fraction of sp³-hybridized carbons (Fsp3) is 0.533. The zero-order valence-corrected chi connectivity index (χ0v) is 12.6. The maximum Gasteiger partial charge on any atom is 0.233 e. The van der Waals surface area contributed by atoms with Crippen LogP contribution in [0.2, 0.25) is 10.0 Å². The molecule has 1 aromatic carbocycles. The monoisotopic (exact) mass is 313 g/mol. The Morgan fingerprint density at radius 3 is 2.55 bits per heavy atom. The Kier molecular flexibility index (Phi) is 3.69. The third kappa shape index (κ3) is 2.22. The van der Waals surface area contributed by atoms with Gasteiger partial charge in [0.1, 0.15) is 0 Å². The number of likely N-dealkylation sites (tertiary alicyclic amines) is 1. The van der Waals surface area contributed by atoms with Gasteiger partial charge in [0.25, 0.3) is 0 Å². The number of carbonyl (C=O) groups is 1. The molecule has 3 nitrogen and oxygen atoms in total. The van der Waals surface area contributed by atoms with Gasteiger partial charge in [0.05, 0.1) is 21.6 Å². The molecule has 0 bridgehead atoms. The maximum atomic E-state index is 12.8. The van der Waals surface area contributed by atoms with Crippen molar-refractivity contribution in [2.75, 3.05) is 13.1 Å². The van der Waals surface area contributed by atoms with E-state index in [-0.39, 0.29) is 12.0 Å². The number of rotatable bonds is 2. The number of nitrogens with zero attached hydrogens (tertiary/aromatic N) is 1. The van der Waals surface area contributed by atoms with E-state index < -0.39 is 5.41 Å². The predicted molar refractivity (Wildman–Crippen MR) is 79.2 cm³/mol. The lowest BCUT2D eigenvalue weighted by Gasteiger charge is -2.43. The van der Waals surface area contributed by atoms with E-state index in [1.54, 1.807) is 11.0 Å². The highest BCUT2D eigenvalue weighted by molar-refractivity contribution is 6.42. The molecule has 1 aliphatic heterocycles. The van der Waals surface area contributed by atoms with E-state index >= 15 is 0 Å². The molecule has 1 aliphatic carbocycles. The highest BCUT2D eigenvalue weighted by Gasteiger charge is 2.48. The van der Waals surface area contributed by atoms with Crippen molar-refractivity contribution in [3.8, 4) is 0 Å². The Balaban J connectivity index is 1.90. The summed E-state index contributed by atoms with van der Waals surface area (Å²) in [6.45, 7) is 1.09. The first-order chi connectivity index (χ1) is 9.53. The highest BCUT2D eigenvalue weighted by Crippen LogP contribution is 2.46. The van der Waals surface area contributed by atoms with Crippen LogP contribution in [0.3, 0.4) is 0 Å². The van der Waals surface area contributed by atoms with Gasteiger partial charge in [-0.15, -0.1) is 0 Å². The largest absolute Gasteiger partial charge is 0.391 e. The molecule has 1 atom stereocenters. The van der Waals surface area contributed by atoms with Crippen molar-refractivity contribution in [1.29, 1.82) is 0 Å². The molecule has 5 heteroatoms. The third-order valence-corrected chi connectivity index (χ3v) is 5.28. The van der Waals surface area contributed by atoms with Crippen LogP contribution < -0.4 is 0 Å². The van der Waals surface area contributed by atoms with Crippen molar-refractivity contribution < 1.29 is 9.90 Å². The molecule has 2 fully saturated rings. The van der Waals surface area contributed by atoms with Crippen LogP contribution in [0.15, 0.2) is 18.2 Å². The molecule has 3 rings (SSSR count). The maximum absolute atomic E-state index is 12.8. The summed E-state index contributed by atoms with van der Waals surface area (Å²) in [6, 6.07) is 5.47. The minimum Gasteiger partial charge on any atom is -0.391 e. The molecule has 20 heavy (non-hydrogen) atoms. The van der Waals surface area contributed by atoms with Gasteiger partial charge in [0.2, 0.25) is 5.91 Å². The van der Waals surface area contributed by atoms with Gasteiger partial charge in [-0.1, -0.05) is 35.7 Å². The minimum absolute atomic E-state index is 0.124. The normalized spacial score (nSPS) is 24.6. The van der Waals surface area contributed by atoms with Crippen LogP contribution in [0.4, 0.5) is 0 Å². The Morgan fingerprint density at radius 1 is 1.30 bits per heavy atom. The number of hydrogen-bond donors (Lipinski definition) is 1. The van der Waals surface area contributed by atoms with Gasteiger partial charge in [-0.25, -0.2) is 0 Å². The van der Waals surface area contributed by atoms with Crippen molar-refractivity contribution in [2.45, 2.75) is 37.2 Å². The summed E-state index contributed by atoms with van der Waals surface area (Å²) in [5.74, 6) is 0.124. The first kappa shape index (κ1) is 14.2. The summed E-state index contributed by atoms with van der Waals surface area (Å²) >= 11 is 12.0. The van der Waals surface area contributed by atoms with Gasteiger partial charge < -0.3 is 10.0 Å². The van der Waals surface area contributed by atoms with Crippen LogP contribution in [0.5, 0.6) is 0 Å². The average molecular weight is 314 g/mol. The second kappa shape index (κ2) is 5.21. The molecule has 0 aromatic heterocycles. The Hall–Kier alpha value is -0.770. The number of hydrogen-bond acceptors (Lipinski definition) is 2. The number of aliphatic hydroxyl groups is 1. The second-order valence-corrected chi connectivity index (χ2v) is 6.57. The summed E-state index contributed by atoms with van der Waals surface area (Å²) in [5.41, 5.74) is 0.489. The first-order valence-corrected chi connectivity index (χ1v) is 7.71. The van der Waals surface area contributed by atoms with Crippen LogP contribution in [0.25, 0.3) is 0 Å². The second-order valence-electron chi connectivity index (χ2n) is 5.76. The van der Waals surface area contributed by atoms with Gasteiger partial charge in [-0.2, -0.15) is 0 Å². The van der Waals surface area contributed by atoms with E-state index in [1.807, 2.05) is 12.1 Å². The van der Waals surface area contributed by atoms with Gasteiger partial charge in [-0.3, -0.25) is 4.79 Å². The molecule has 1 N–H and O–H groups in total. The Bertz CT molecular complexity index is 543. The van der Waals surface area contributed by atoms with E-state index in [1.165, 1.54) is 0 Å². The van der Waals surface area contributed by atoms with E-state index in [0.29, 0.717) is 29.6 Å². The SMILES string of the molecule is O=C(N1CC[C@H](O)C1)C1(c2ccc(Cl)c(Cl)c2)CCC1. The number of β-amino-alcohol motifs (C(OH)–C–C–N with tert-alkyl or cyclic N) is 1. The van der Waals surface area contributed by atoms with Crippen molar-refractivity contribution in [1.82, 2.24) is 4.90 Å². The van der Waals surface area contributed by atoms with Crippen LogP contribution in [-0.4, -0.2) is 35.1 Å². The Labute approximate surface area is 128 Å². The molecule has 1 aromatic rings. The quantitative estimate of drug-likeness (QED) is 0.911. The predicted octanol–water partition coefficient (Wildman–Crippen LogP) is 3.01. The number of halogens is 2. The number of amides is 1. The summed E-state index contributed by atoms with van der Waals surface area (Å²) < 4.78 is 0. The van der Waals surface area contributed by atoms with E-state index in [9.17, 15) is 9.90 Å². The number of aliphatic hydroxyl groups excluding tert-OH is 1. The molecule has 1 heterocycles. The van der Waals surface area contributed by atoms with E-state index in [2.05, 4.69) is 0 Å². The standard InChI is InChI=1S/C15H17Cl2NO2/c16-12-3-2-10(8-13(12)17)15(5-1-6-15)14(20)18-7-4-11(19)9-18/h2-3,8,11,19H,1,4-7,9H2/t11-/m0/s1. The average Bonchev–Trinajstić information content (AvgIpc) is 2.79. The molecule has 0 unspecified atom stereocenters. The number of benzene rings is 1. The molecule has 2 aliphatic rings. The molecular weight excluding hydrogens is 297 g/mol. The number of carbonyl (C=O) groups excluding carboxylic acids is 1. The van der Waals surface area contributed by atoms with E-state index in [4.69, 9.17) is 23.2 Å². The lowest BCUT2D eigenvalue weighted by Crippen LogP contribution is -2.50. The van der Waals surface area contributed by atoms with Gasteiger partial charge in [0, 0.05) is 13.1 Å². The summed E-state index contributed by atoms with van der Waals surface area (Å²) in [5, 5.41) is 10.6. The summed E-state index contributed by atoms with van der Waals surface area (Å²) in [6.07, 6.45) is 3.02. The third-order valence-electron chi connectivity index (χ3n) is 4.54. The molecule has 1 saturated heterocycles. The van der Waals surface area contributed by atoms with E-state index in [0.717, 1.165) is 24.8 Å². The first-order valence-electron chi connectivity index (χ1n) is 6.96. The lowest BCUT2D eigenvalue weighted by atomic mass is 9.63. The van der Waals surface area contributed by atoms with Crippen LogP contribution in [-0.2, 0) is 10.2 Å². The fourth-order valence-corrected chi connectivity index (χ4v) is 3.48. The molecule has 108 valence electrons. The summed E-state index contributed by atoms with van der Waals surface area (Å²) in [4.78, 5) is 14.6. The van der Waals surface area contributed by atoms with Gasteiger partial charge in [0.15, 0.2) is 0 Å². The lowest BCUT2D eigenvalue weighted by molar-refractivity contribution is -0.140. The van der Waals surface area contributed by atoms with Crippen LogP contribution in [0.1, 0.15) is 31.2 Å². The zero-order valence-electron chi connectivity index (χ0n) is 11.1. The fourth-order valence-electron chi connectivity index (χ4n) is 3.18. The van der Waals surface area contributed by atoms with Crippen molar-refractivity contribution >= 4 is 29.1 Å². The molecule has 1 amide bonds. The Morgan fingerprint density at radius 2 is 2.05 bits per heavy atom. The molecule has 0 radical (unpaired) electrons. The zero-order chi connectivity index (χ0) is 14.3. The van der Waals surface area contributed by atoms with Crippen LogP contribution in [0, 0.1) is 0 Å². The minimum atomic E-state index is -0.460. The van der Waals surface area contributed by atoms with Gasteiger partial charge >= 0.3 is 0 Å². The summed E-state index contributed by atoms with van der Waals surface area (Å²) in [7, 11) is 0. The molecular formula is C15H17Cl2NO2. The van der Waals surface area contributed by atoms with Crippen molar-refractivity contribution in [3.05, 3.63) is 33.8 Å². The van der Waals surface area contributed by atoms with Crippen LogP contribution >= 0.6 is 23.2 Å². The van der Waals surface area contributed by atoms with Crippen molar-refractivity contribution in [3.63, 3.8) is 0 Å². The highest BCUT2D eigenvalue weighted by atomic mass is 35.5. The van der Waals surface area contributed by atoms with Crippen molar-refractivity contribution in [2.24, 2.45) is 0 Å². The smallest absolute Gasteiger partial charge is 0.233 e. The topological polar surface area (TPSA) is 40.5 Å². The molecule has 0 spiro atoms. The molecule has 1 saturated carbocycles. The van der Waals surface area contributed by atoms with Gasteiger partial charge in [-0.05, 0) is 37.0 Å².